The third-order valence-electron chi connectivity index (χ3n) is 7.58. The summed E-state index contributed by atoms with van der Waals surface area (Å²) in [6.07, 6.45) is 1.77. The van der Waals surface area contributed by atoms with Crippen molar-refractivity contribution < 1.29 is 13.9 Å². The molecule has 11 heteroatoms. The number of pyridine rings is 1. The molecule has 5 rings (SSSR count). The first kappa shape index (κ1) is 29.4. The highest BCUT2D eigenvalue weighted by Gasteiger charge is 2.34. The van der Waals surface area contributed by atoms with Crippen LogP contribution in [0.3, 0.4) is 0 Å². The van der Waals surface area contributed by atoms with Gasteiger partial charge in [0.25, 0.3) is 11.5 Å². The fraction of sp³-hybridized carbons (Fsp3) is 0.290. The van der Waals surface area contributed by atoms with Crippen LogP contribution in [-0.4, -0.2) is 53.0 Å². The second kappa shape index (κ2) is 12.4. The maximum Gasteiger partial charge on any atom is 0.270 e. The van der Waals surface area contributed by atoms with Crippen LogP contribution in [0.5, 0.6) is 5.75 Å². The van der Waals surface area contributed by atoms with Crippen LogP contribution in [0, 0.1) is 24.1 Å². The molecule has 0 saturated carbocycles. The monoisotopic (exact) mass is 603 g/mol. The number of nitrogens with zero attached hydrogens (tertiary/aromatic N) is 5. The van der Waals surface area contributed by atoms with E-state index in [4.69, 9.17) is 17.0 Å². The van der Waals surface area contributed by atoms with Gasteiger partial charge in [0.15, 0.2) is 0 Å². The Labute approximate surface area is 253 Å². The summed E-state index contributed by atoms with van der Waals surface area (Å²) in [5.74, 6) is 0.902. The minimum absolute atomic E-state index is 0.0607. The third-order valence-corrected chi connectivity index (χ3v) is 8.96. The van der Waals surface area contributed by atoms with E-state index in [2.05, 4.69) is 15.9 Å². The first-order valence-corrected chi connectivity index (χ1v) is 14.8. The van der Waals surface area contributed by atoms with E-state index in [-0.39, 0.29) is 22.8 Å². The summed E-state index contributed by atoms with van der Waals surface area (Å²) >= 11 is 6.80. The van der Waals surface area contributed by atoms with E-state index in [1.54, 1.807) is 41.7 Å². The lowest BCUT2D eigenvalue weighted by Gasteiger charge is -2.39. The first-order valence-electron chi connectivity index (χ1n) is 13.6. The quantitative estimate of drug-likeness (QED) is 0.278. The maximum atomic E-state index is 13.6. The number of benzene rings is 2. The van der Waals surface area contributed by atoms with Gasteiger partial charge in [0.2, 0.25) is 0 Å². The molecule has 0 aliphatic carbocycles. The minimum atomic E-state index is -0.349. The number of thiocarbonyl (C=S) groups is 1. The van der Waals surface area contributed by atoms with E-state index >= 15 is 0 Å². The molecule has 0 bridgehead atoms. The lowest BCUT2D eigenvalue weighted by molar-refractivity contribution is -0.122. The number of piperazine rings is 1. The van der Waals surface area contributed by atoms with Gasteiger partial charge in [-0.2, -0.15) is 5.26 Å². The van der Waals surface area contributed by atoms with Crippen molar-refractivity contribution in [3.63, 3.8) is 0 Å². The predicted molar refractivity (Wildman–Crippen MR) is 168 cm³/mol. The molecular formula is C31H30FN5O3S2. The first-order chi connectivity index (χ1) is 20.2. The average Bonchev–Trinajstić information content (AvgIpc) is 3.26. The standard InChI is InChI=1S/C31H30FN5O3S2/c1-4-36-28(35-15-13-34(14-16-35)23-9-7-22(32)8-10-23)25(20(2)26(18-33)29(36)38)17-27-30(39)37(31(41)42-27)19-21-5-11-24(40-3)12-6-21/h5-12,17H,4,13-16,19H2,1-3H3. The Morgan fingerprint density at radius 3 is 2.29 bits per heavy atom. The molecule has 0 radical (unpaired) electrons. The molecule has 0 unspecified atom stereocenters. The van der Waals surface area contributed by atoms with Gasteiger partial charge in [0, 0.05) is 44.0 Å². The molecule has 0 atom stereocenters. The van der Waals surface area contributed by atoms with Crippen LogP contribution in [0.15, 0.2) is 58.2 Å². The maximum absolute atomic E-state index is 13.6. The number of nitriles is 1. The Morgan fingerprint density at radius 1 is 1.05 bits per heavy atom. The van der Waals surface area contributed by atoms with Gasteiger partial charge in [-0.05, 0) is 67.4 Å². The number of carbonyl (C=O) groups excluding carboxylic acids is 1. The van der Waals surface area contributed by atoms with Gasteiger partial charge in [0.05, 0.1) is 18.6 Å². The fourth-order valence-corrected chi connectivity index (χ4v) is 6.52. The van der Waals surface area contributed by atoms with Crippen molar-refractivity contribution >= 4 is 51.8 Å². The number of ether oxygens (including phenoxy) is 1. The number of amides is 1. The summed E-state index contributed by atoms with van der Waals surface area (Å²) < 4.78 is 20.7. The van der Waals surface area contributed by atoms with E-state index in [1.165, 1.54) is 23.9 Å². The van der Waals surface area contributed by atoms with Crippen LogP contribution in [0.4, 0.5) is 15.9 Å². The van der Waals surface area contributed by atoms with Crippen molar-refractivity contribution in [3.8, 4) is 11.8 Å². The Morgan fingerprint density at radius 2 is 1.69 bits per heavy atom. The molecular weight excluding hydrogens is 574 g/mol. The normalized spacial score (nSPS) is 16.4. The highest BCUT2D eigenvalue weighted by Crippen LogP contribution is 2.37. The van der Waals surface area contributed by atoms with Crippen LogP contribution >= 0.6 is 24.0 Å². The average molecular weight is 604 g/mol. The molecule has 0 N–H and O–H groups in total. The number of hydrogen-bond donors (Lipinski definition) is 0. The predicted octanol–water partition coefficient (Wildman–Crippen LogP) is 4.92. The van der Waals surface area contributed by atoms with Gasteiger partial charge in [-0.1, -0.05) is 36.1 Å². The second-order valence-electron chi connectivity index (χ2n) is 9.96. The van der Waals surface area contributed by atoms with Crippen molar-refractivity contribution in [1.82, 2.24) is 9.47 Å². The highest BCUT2D eigenvalue weighted by molar-refractivity contribution is 8.26. The van der Waals surface area contributed by atoms with Gasteiger partial charge in [-0.15, -0.1) is 0 Å². The SMILES string of the molecule is CCn1c(N2CCN(c3ccc(F)cc3)CC2)c(C=C2SC(=S)N(Cc3ccc(OC)cc3)C2=O)c(C)c(C#N)c1=O. The van der Waals surface area contributed by atoms with E-state index < -0.39 is 0 Å². The van der Waals surface area contributed by atoms with Crippen LogP contribution < -0.4 is 20.1 Å². The van der Waals surface area contributed by atoms with Crippen LogP contribution in [-0.2, 0) is 17.9 Å². The molecule has 3 heterocycles. The summed E-state index contributed by atoms with van der Waals surface area (Å²) in [7, 11) is 1.60. The van der Waals surface area contributed by atoms with Gasteiger partial charge in [-0.25, -0.2) is 4.39 Å². The smallest absolute Gasteiger partial charge is 0.270 e. The molecule has 1 amide bonds. The largest absolute Gasteiger partial charge is 0.497 e. The van der Waals surface area contributed by atoms with E-state index in [1.807, 2.05) is 31.2 Å². The van der Waals surface area contributed by atoms with Crippen LogP contribution in [0.25, 0.3) is 6.08 Å². The molecule has 1 aromatic heterocycles. The number of methoxy groups -OCH3 is 1. The molecule has 2 saturated heterocycles. The fourth-order valence-electron chi connectivity index (χ4n) is 5.29. The van der Waals surface area contributed by atoms with Crippen LogP contribution in [0.2, 0.25) is 0 Å². The second-order valence-corrected chi connectivity index (χ2v) is 11.6. The number of aromatic nitrogens is 1. The number of thioether (sulfide) groups is 1. The molecule has 2 aromatic carbocycles. The molecule has 2 fully saturated rings. The van der Waals surface area contributed by atoms with Crippen molar-refractivity contribution in [2.75, 3.05) is 43.1 Å². The van der Waals surface area contributed by atoms with Gasteiger partial charge >= 0.3 is 0 Å². The summed E-state index contributed by atoms with van der Waals surface area (Å²) in [6, 6.07) is 16.0. The van der Waals surface area contributed by atoms with Gasteiger partial charge in [-0.3, -0.25) is 19.1 Å². The molecule has 0 spiro atoms. The number of carbonyl (C=O) groups is 1. The Balaban J connectivity index is 1.49. The summed E-state index contributed by atoms with van der Waals surface area (Å²) in [6.45, 7) is 6.82. The summed E-state index contributed by atoms with van der Waals surface area (Å²) in [5.41, 5.74) is 2.75. The van der Waals surface area contributed by atoms with E-state index in [9.17, 15) is 19.2 Å². The van der Waals surface area contributed by atoms with E-state index in [0.717, 1.165) is 17.0 Å². The summed E-state index contributed by atoms with van der Waals surface area (Å²) in [4.78, 5) is 33.3. The van der Waals surface area contributed by atoms with E-state index in [0.29, 0.717) is 65.4 Å². The molecule has 2 aliphatic rings. The molecule has 42 heavy (non-hydrogen) atoms. The lowest BCUT2D eigenvalue weighted by Crippen LogP contribution is -2.48. The topological polar surface area (TPSA) is 81.8 Å². The Kier molecular flexibility index (Phi) is 8.66. The summed E-state index contributed by atoms with van der Waals surface area (Å²) in [5, 5.41) is 9.88. The lowest BCUT2D eigenvalue weighted by atomic mass is 10.0. The van der Waals surface area contributed by atoms with Crippen molar-refractivity contribution in [1.29, 1.82) is 5.26 Å². The zero-order valence-corrected chi connectivity index (χ0v) is 25.2. The van der Waals surface area contributed by atoms with Gasteiger partial charge in [0.1, 0.15) is 33.3 Å². The molecule has 216 valence electrons. The van der Waals surface area contributed by atoms with Gasteiger partial charge < -0.3 is 14.5 Å². The molecule has 2 aliphatic heterocycles. The Bertz CT molecular complexity index is 1650. The molecule has 3 aromatic rings. The van der Waals surface area contributed by atoms with Crippen molar-refractivity contribution in [2.24, 2.45) is 0 Å². The zero-order valence-electron chi connectivity index (χ0n) is 23.6. The Hall–Kier alpha value is -4.14. The number of rotatable bonds is 7. The minimum Gasteiger partial charge on any atom is -0.497 e. The zero-order chi connectivity index (χ0) is 30.0. The molecule has 8 nitrogen and oxygen atoms in total. The van der Waals surface area contributed by atoms with Crippen molar-refractivity contribution in [2.45, 2.75) is 26.9 Å². The highest BCUT2D eigenvalue weighted by atomic mass is 32.2. The van der Waals surface area contributed by atoms with Crippen LogP contribution in [0.1, 0.15) is 29.2 Å². The number of hydrogen-bond acceptors (Lipinski definition) is 8. The number of halogens is 1. The number of anilines is 2. The van der Waals surface area contributed by atoms with Crippen molar-refractivity contribution in [3.05, 3.63) is 91.9 Å². The third kappa shape index (κ3) is 5.65.